The lowest BCUT2D eigenvalue weighted by Crippen LogP contribution is -2.16. The van der Waals surface area contributed by atoms with Gasteiger partial charge in [-0.05, 0) is 23.8 Å². The van der Waals surface area contributed by atoms with Crippen LogP contribution in [0.5, 0.6) is 0 Å². The molecule has 0 unspecified atom stereocenters. The van der Waals surface area contributed by atoms with Gasteiger partial charge in [0.05, 0.1) is 6.54 Å². The molecule has 1 aliphatic heterocycles. The van der Waals surface area contributed by atoms with E-state index in [9.17, 15) is 0 Å². The SMILES string of the molecule is CN1Cc2cccn2Cc2ccccc21. The second kappa shape index (κ2) is 3.16. The van der Waals surface area contributed by atoms with Crippen molar-refractivity contribution in [1.82, 2.24) is 4.57 Å². The normalized spacial score (nSPS) is 14.3. The maximum Gasteiger partial charge on any atom is 0.0578 e. The first kappa shape index (κ1) is 8.60. The van der Waals surface area contributed by atoms with Gasteiger partial charge in [-0.1, -0.05) is 18.2 Å². The molecule has 1 aliphatic rings. The van der Waals surface area contributed by atoms with E-state index in [-0.39, 0.29) is 0 Å². The lowest BCUT2D eigenvalue weighted by atomic mass is 10.1. The number of benzene rings is 1. The van der Waals surface area contributed by atoms with Crippen molar-refractivity contribution in [3.63, 3.8) is 0 Å². The maximum atomic E-state index is 2.32. The highest BCUT2D eigenvalue weighted by atomic mass is 15.1. The lowest BCUT2D eigenvalue weighted by Gasteiger charge is -2.18. The van der Waals surface area contributed by atoms with Gasteiger partial charge in [0.25, 0.3) is 0 Å². The smallest absolute Gasteiger partial charge is 0.0578 e. The van der Waals surface area contributed by atoms with Gasteiger partial charge in [0.1, 0.15) is 0 Å². The number of anilines is 1. The van der Waals surface area contributed by atoms with Crippen molar-refractivity contribution in [1.29, 1.82) is 0 Å². The van der Waals surface area contributed by atoms with Crippen LogP contribution in [0.4, 0.5) is 5.69 Å². The topological polar surface area (TPSA) is 8.17 Å². The van der Waals surface area contributed by atoms with Crippen LogP contribution in [-0.4, -0.2) is 11.6 Å². The van der Waals surface area contributed by atoms with Crippen molar-refractivity contribution >= 4 is 5.69 Å². The first-order valence-corrected chi connectivity index (χ1v) is 5.27. The van der Waals surface area contributed by atoms with Crippen LogP contribution in [0.3, 0.4) is 0 Å². The molecule has 0 fully saturated rings. The van der Waals surface area contributed by atoms with Crippen LogP contribution >= 0.6 is 0 Å². The van der Waals surface area contributed by atoms with Crippen molar-refractivity contribution in [2.75, 3.05) is 11.9 Å². The van der Waals surface area contributed by atoms with Crippen LogP contribution in [0, 0.1) is 0 Å². The molecule has 0 spiro atoms. The molecule has 0 amide bonds. The van der Waals surface area contributed by atoms with Gasteiger partial charge in [0.15, 0.2) is 0 Å². The Morgan fingerprint density at radius 1 is 1.00 bits per heavy atom. The summed E-state index contributed by atoms with van der Waals surface area (Å²) in [5.41, 5.74) is 4.13. The highest BCUT2D eigenvalue weighted by Gasteiger charge is 2.14. The predicted octanol–water partition coefficient (Wildman–Crippen LogP) is 2.49. The van der Waals surface area contributed by atoms with Gasteiger partial charge in [-0.25, -0.2) is 0 Å². The zero-order valence-corrected chi connectivity index (χ0v) is 8.85. The quantitative estimate of drug-likeness (QED) is 0.631. The number of nitrogens with zero attached hydrogens (tertiary/aromatic N) is 2. The van der Waals surface area contributed by atoms with E-state index in [0.717, 1.165) is 13.1 Å². The molecule has 2 aromatic rings. The fraction of sp³-hybridized carbons (Fsp3) is 0.231. The third kappa shape index (κ3) is 1.33. The van der Waals surface area contributed by atoms with E-state index in [2.05, 4.69) is 59.1 Å². The fourth-order valence-electron chi connectivity index (χ4n) is 2.28. The molecule has 0 radical (unpaired) electrons. The van der Waals surface area contributed by atoms with Gasteiger partial charge < -0.3 is 9.47 Å². The van der Waals surface area contributed by atoms with Gasteiger partial charge in [-0.2, -0.15) is 0 Å². The molecule has 1 aromatic carbocycles. The molecule has 15 heavy (non-hydrogen) atoms. The molecule has 0 saturated heterocycles. The highest BCUT2D eigenvalue weighted by molar-refractivity contribution is 5.54. The van der Waals surface area contributed by atoms with Crippen LogP contribution in [0.1, 0.15) is 11.3 Å². The summed E-state index contributed by atoms with van der Waals surface area (Å²) in [5, 5.41) is 0. The zero-order valence-electron chi connectivity index (χ0n) is 8.85. The number of para-hydroxylation sites is 1. The maximum absolute atomic E-state index is 2.32. The molecule has 2 heterocycles. The molecule has 0 N–H and O–H groups in total. The molecule has 1 aromatic heterocycles. The van der Waals surface area contributed by atoms with E-state index >= 15 is 0 Å². The molecule has 0 aliphatic carbocycles. The molecule has 0 atom stereocenters. The highest BCUT2D eigenvalue weighted by Crippen LogP contribution is 2.25. The molecular formula is C13H14N2. The zero-order chi connectivity index (χ0) is 10.3. The number of aromatic nitrogens is 1. The number of rotatable bonds is 0. The molecule has 2 nitrogen and oxygen atoms in total. The second-order valence-electron chi connectivity index (χ2n) is 4.11. The molecule has 0 bridgehead atoms. The molecule has 0 saturated carbocycles. The minimum atomic E-state index is 0.989. The molecule has 2 heteroatoms. The summed E-state index contributed by atoms with van der Waals surface area (Å²) in [6.07, 6.45) is 2.16. The van der Waals surface area contributed by atoms with E-state index in [0.29, 0.717) is 0 Å². The summed E-state index contributed by atoms with van der Waals surface area (Å²) in [6.45, 7) is 1.98. The fourth-order valence-corrected chi connectivity index (χ4v) is 2.28. The average molecular weight is 198 g/mol. The van der Waals surface area contributed by atoms with Gasteiger partial charge in [0, 0.05) is 31.2 Å². The average Bonchev–Trinajstić information content (AvgIpc) is 2.61. The van der Waals surface area contributed by atoms with Crippen molar-refractivity contribution in [2.24, 2.45) is 0 Å². The largest absolute Gasteiger partial charge is 0.368 e. The predicted molar refractivity (Wildman–Crippen MR) is 62.1 cm³/mol. The van der Waals surface area contributed by atoms with Crippen LogP contribution in [0.15, 0.2) is 42.6 Å². The number of fused-ring (bicyclic) bond motifs is 2. The summed E-state index contributed by atoms with van der Waals surface area (Å²) in [5.74, 6) is 0. The van der Waals surface area contributed by atoms with Crippen molar-refractivity contribution in [3.05, 3.63) is 53.9 Å². The monoisotopic (exact) mass is 198 g/mol. The Balaban J connectivity index is 2.14. The minimum absolute atomic E-state index is 0.989. The van der Waals surface area contributed by atoms with E-state index < -0.39 is 0 Å². The Bertz CT molecular complexity index is 485. The summed E-state index contributed by atoms with van der Waals surface area (Å²) in [7, 11) is 2.15. The first-order chi connectivity index (χ1) is 7.34. The first-order valence-electron chi connectivity index (χ1n) is 5.27. The van der Waals surface area contributed by atoms with Crippen LogP contribution < -0.4 is 4.90 Å². The Morgan fingerprint density at radius 3 is 2.80 bits per heavy atom. The Hall–Kier alpha value is -1.70. The third-order valence-electron chi connectivity index (χ3n) is 3.07. The van der Waals surface area contributed by atoms with Crippen LogP contribution in [0.2, 0.25) is 0 Å². The van der Waals surface area contributed by atoms with Gasteiger partial charge in [-0.3, -0.25) is 0 Å². The second-order valence-corrected chi connectivity index (χ2v) is 4.11. The lowest BCUT2D eigenvalue weighted by molar-refractivity contribution is 0.759. The van der Waals surface area contributed by atoms with E-state index in [1.165, 1.54) is 16.9 Å². The summed E-state index contributed by atoms with van der Waals surface area (Å²) < 4.78 is 2.32. The number of hydrogen-bond acceptors (Lipinski definition) is 1. The van der Waals surface area contributed by atoms with Crippen molar-refractivity contribution in [3.8, 4) is 0 Å². The van der Waals surface area contributed by atoms with Gasteiger partial charge in [0.2, 0.25) is 0 Å². The standard InChI is InChI=1S/C13H14N2/c1-14-10-12-6-4-8-15(12)9-11-5-2-3-7-13(11)14/h2-8H,9-10H2,1H3. The van der Waals surface area contributed by atoms with Crippen LogP contribution in [-0.2, 0) is 13.1 Å². The van der Waals surface area contributed by atoms with E-state index in [1.54, 1.807) is 0 Å². The molecule has 76 valence electrons. The van der Waals surface area contributed by atoms with Crippen molar-refractivity contribution < 1.29 is 0 Å². The van der Waals surface area contributed by atoms with Gasteiger partial charge in [-0.15, -0.1) is 0 Å². The summed E-state index contributed by atoms with van der Waals surface area (Å²) >= 11 is 0. The summed E-state index contributed by atoms with van der Waals surface area (Å²) in [6, 6.07) is 12.9. The third-order valence-corrected chi connectivity index (χ3v) is 3.07. The van der Waals surface area contributed by atoms with Gasteiger partial charge >= 0.3 is 0 Å². The molecule has 3 rings (SSSR count). The molecular weight excluding hydrogens is 184 g/mol. The Morgan fingerprint density at radius 2 is 1.87 bits per heavy atom. The van der Waals surface area contributed by atoms with Crippen LogP contribution in [0.25, 0.3) is 0 Å². The summed E-state index contributed by atoms with van der Waals surface area (Å²) in [4.78, 5) is 2.31. The Kier molecular flexibility index (Phi) is 1.81. The Labute approximate surface area is 89.8 Å². The minimum Gasteiger partial charge on any atom is -0.368 e. The van der Waals surface area contributed by atoms with Crippen molar-refractivity contribution in [2.45, 2.75) is 13.1 Å². The van der Waals surface area contributed by atoms with E-state index in [1.807, 2.05) is 0 Å². The van der Waals surface area contributed by atoms with E-state index in [4.69, 9.17) is 0 Å². The number of hydrogen-bond donors (Lipinski definition) is 0.